The lowest BCUT2D eigenvalue weighted by Gasteiger charge is -2.25. The van der Waals surface area contributed by atoms with Gasteiger partial charge in [0.25, 0.3) is 0 Å². The van der Waals surface area contributed by atoms with Crippen molar-refractivity contribution in [3.63, 3.8) is 0 Å². The van der Waals surface area contributed by atoms with Crippen LogP contribution in [0.25, 0.3) is 0 Å². The quantitative estimate of drug-likeness (QED) is 0.267. The van der Waals surface area contributed by atoms with Gasteiger partial charge >= 0.3 is 5.97 Å². The van der Waals surface area contributed by atoms with Crippen LogP contribution in [-0.4, -0.2) is 41.3 Å². The molecule has 3 rings (SSSR count). The summed E-state index contributed by atoms with van der Waals surface area (Å²) in [6.45, 7) is 5.41. The molecule has 42 heavy (non-hydrogen) atoms. The largest absolute Gasteiger partial charge is 0.459 e. The van der Waals surface area contributed by atoms with Crippen molar-refractivity contribution >= 4 is 23.7 Å². The number of nitrogens with one attached hydrogen (secondary N) is 3. The molecule has 0 aliphatic rings. The molecule has 3 aromatic rings. The van der Waals surface area contributed by atoms with E-state index in [-0.39, 0.29) is 25.9 Å². The van der Waals surface area contributed by atoms with Gasteiger partial charge in [-0.1, -0.05) is 72.8 Å². The van der Waals surface area contributed by atoms with E-state index >= 15 is 0 Å². The molecule has 8 nitrogen and oxygen atoms in total. The van der Waals surface area contributed by atoms with Crippen molar-refractivity contribution in [2.75, 3.05) is 0 Å². The van der Waals surface area contributed by atoms with Gasteiger partial charge in [0.05, 0.1) is 6.42 Å². The molecule has 0 aliphatic carbocycles. The number of amides is 3. The zero-order valence-electron chi connectivity index (χ0n) is 24.2. The van der Waals surface area contributed by atoms with Gasteiger partial charge in [0, 0.05) is 18.4 Å². The molecule has 0 bridgehead atoms. The van der Waals surface area contributed by atoms with Gasteiger partial charge in [-0.3, -0.25) is 14.4 Å². The van der Waals surface area contributed by atoms with Gasteiger partial charge in [-0.05, 0) is 56.0 Å². The average molecular weight is 576 g/mol. The van der Waals surface area contributed by atoms with Crippen LogP contribution < -0.4 is 16.0 Å². The molecule has 2 atom stereocenters. The van der Waals surface area contributed by atoms with Crippen LogP contribution in [0.15, 0.2) is 84.9 Å². The molecular weight excluding hydrogens is 537 g/mol. The van der Waals surface area contributed by atoms with E-state index in [4.69, 9.17) is 4.74 Å². The number of carbonyl (C=O) groups is 4. The Balaban J connectivity index is 1.75. The van der Waals surface area contributed by atoms with Gasteiger partial charge in [-0.25, -0.2) is 9.18 Å². The summed E-state index contributed by atoms with van der Waals surface area (Å²) < 4.78 is 19.0. The maximum absolute atomic E-state index is 13.5. The highest BCUT2D eigenvalue weighted by Gasteiger charge is 2.30. The number of halogens is 1. The fraction of sp³-hybridized carbons (Fsp3) is 0.333. The van der Waals surface area contributed by atoms with Crippen molar-refractivity contribution in [3.8, 4) is 0 Å². The summed E-state index contributed by atoms with van der Waals surface area (Å²) in [5.74, 6) is -2.70. The van der Waals surface area contributed by atoms with E-state index < -0.39 is 47.1 Å². The van der Waals surface area contributed by atoms with Crippen LogP contribution in [-0.2, 0) is 43.4 Å². The van der Waals surface area contributed by atoms with Crippen molar-refractivity contribution in [1.29, 1.82) is 0 Å². The first-order valence-electron chi connectivity index (χ1n) is 13.9. The van der Waals surface area contributed by atoms with Crippen LogP contribution in [0.4, 0.5) is 4.39 Å². The summed E-state index contributed by atoms with van der Waals surface area (Å²) in [5.41, 5.74) is 1.76. The van der Waals surface area contributed by atoms with Gasteiger partial charge in [0.15, 0.2) is 0 Å². The second-order valence-corrected chi connectivity index (χ2v) is 11.1. The SMILES string of the molecule is CC(C)(C)NC(=O)C[C@H](NC(=O)CCc1ccccc1)C(=O)N[C@@H](Cc1ccc(F)cc1)C(=O)OCc1ccccc1. The summed E-state index contributed by atoms with van der Waals surface area (Å²) in [6.07, 6.45) is 0.242. The molecule has 3 aromatic carbocycles. The number of esters is 1. The van der Waals surface area contributed by atoms with Gasteiger partial charge in [-0.2, -0.15) is 0 Å². The van der Waals surface area contributed by atoms with E-state index in [0.717, 1.165) is 11.1 Å². The predicted octanol–water partition coefficient (Wildman–Crippen LogP) is 4.02. The van der Waals surface area contributed by atoms with Crippen LogP contribution in [0.3, 0.4) is 0 Å². The summed E-state index contributed by atoms with van der Waals surface area (Å²) in [4.78, 5) is 52.3. The third-order valence-corrected chi connectivity index (χ3v) is 6.22. The second-order valence-electron chi connectivity index (χ2n) is 11.1. The highest BCUT2D eigenvalue weighted by atomic mass is 19.1. The lowest BCUT2D eigenvalue weighted by Crippen LogP contribution is -2.54. The smallest absolute Gasteiger partial charge is 0.329 e. The van der Waals surface area contributed by atoms with Crippen LogP contribution in [0.1, 0.15) is 50.3 Å². The monoisotopic (exact) mass is 575 g/mol. The first-order chi connectivity index (χ1) is 20.0. The average Bonchev–Trinajstić information content (AvgIpc) is 2.95. The van der Waals surface area contributed by atoms with E-state index in [1.807, 2.05) is 48.5 Å². The first kappa shape index (κ1) is 32.0. The summed E-state index contributed by atoms with van der Waals surface area (Å²) in [7, 11) is 0. The molecule has 222 valence electrons. The van der Waals surface area contributed by atoms with Gasteiger partial charge in [-0.15, -0.1) is 0 Å². The zero-order chi connectivity index (χ0) is 30.5. The molecule has 0 fully saturated rings. The number of aryl methyl sites for hydroxylation is 1. The molecule has 0 heterocycles. The Labute approximate surface area is 246 Å². The van der Waals surface area contributed by atoms with Crippen molar-refractivity contribution in [2.24, 2.45) is 0 Å². The van der Waals surface area contributed by atoms with E-state index in [2.05, 4.69) is 16.0 Å². The van der Waals surface area contributed by atoms with E-state index in [0.29, 0.717) is 12.0 Å². The van der Waals surface area contributed by atoms with Gasteiger partial charge < -0.3 is 20.7 Å². The van der Waals surface area contributed by atoms with Crippen LogP contribution in [0.2, 0.25) is 0 Å². The Hall–Kier alpha value is -4.53. The molecule has 0 spiro atoms. The molecule has 0 aromatic heterocycles. The Morgan fingerprint density at radius 1 is 0.738 bits per heavy atom. The molecule has 3 amide bonds. The van der Waals surface area contributed by atoms with Crippen molar-refractivity contribution in [1.82, 2.24) is 16.0 Å². The maximum atomic E-state index is 13.5. The predicted molar refractivity (Wildman–Crippen MR) is 157 cm³/mol. The third-order valence-electron chi connectivity index (χ3n) is 6.22. The highest BCUT2D eigenvalue weighted by Crippen LogP contribution is 2.11. The van der Waals surface area contributed by atoms with E-state index in [1.165, 1.54) is 24.3 Å². The third kappa shape index (κ3) is 11.5. The summed E-state index contributed by atoms with van der Waals surface area (Å²) in [5, 5.41) is 8.12. The van der Waals surface area contributed by atoms with Crippen molar-refractivity contribution < 1.29 is 28.3 Å². The Bertz CT molecular complexity index is 1330. The Kier molecular flexibility index (Phi) is 11.8. The van der Waals surface area contributed by atoms with E-state index in [9.17, 15) is 23.6 Å². The lowest BCUT2D eigenvalue weighted by molar-refractivity contribution is -0.149. The minimum Gasteiger partial charge on any atom is -0.459 e. The molecule has 9 heteroatoms. The molecule has 0 aliphatic heterocycles. The minimum absolute atomic E-state index is 0.0108. The Morgan fingerprint density at radius 3 is 1.93 bits per heavy atom. The molecule has 0 unspecified atom stereocenters. The van der Waals surface area contributed by atoms with E-state index in [1.54, 1.807) is 32.9 Å². The highest BCUT2D eigenvalue weighted by molar-refractivity contribution is 5.94. The number of hydrogen-bond donors (Lipinski definition) is 3. The fourth-order valence-corrected chi connectivity index (χ4v) is 4.18. The van der Waals surface area contributed by atoms with Crippen molar-refractivity contribution in [2.45, 2.75) is 70.7 Å². The van der Waals surface area contributed by atoms with Crippen LogP contribution in [0, 0.1) is 5.82 Å². The van der Waals surface area contributed by atoms with Crippen LogP contribution >= 0.6 is 0 Å². The zero-order valence-corrected chi connectivity index (χ0v) is 24.2. The second kappa shape index (κ2) is 15.5. The topological polar surface area (TPSA) is 114 Å². The standard InChI is InChI=1S/C33H38FN3O5/c1-33(2,3)37-30(39)21-27(35-29(38)19-16-23-10-6-4-7-11-23)31(40)36-28(20-24-14-17-26(34)18-15-24)32(41)42-22-25-12-8-5-9-13-25/h4-15,17-18,27-28H,16,19-22H2,1-3H3,(H,35,38)(H,36,40)(H,37,39)/t27-,28-/m0/s1. The van der Waals surface area contributed by atoms with Crippen LogP contribution in [0.5, 0.6) is 0 Å². The number of hydrogen-bond acceptors (Lipinski definition) is 5. The molecule has 0 saturated heterocycles. The lowest BCUT2D eigenvalue weighted by atomic mass is 10.0. The first-order valence-corrected chi connectivity index (χ1v) is 13.9. The summed E-state index contributed by atoms with van der Waals surface area (Å²) >= 11 is 0. The molecular formula is C33H38FN3O5. The van der Waals surface area contributed by atoms with Gasteiger partial charge in [0.1, 0.15) is 24.5 Å². The molecule has 0 saturated carbocycles. The summed E-state index contributed by atoms with van der Waals surface area (Å²) in [6, 6.07) is 21.6. The molecule has 3 N–H and O–H groups in total. The number of ether oxygens (including phenoxy) is 1. The maximum Gasteiger partial charge on any atom is 0.329 e. The fourth-order valence-electron chi connectivity index (χ4n) is 4.18. The number of carbonyl (C=O) groups excluding carboxylic acids is 4. The van der Waals surface area contributed by atoms with Gasteiger partial charge in [0.2, 0.25) is 17.7 Å². The normalized spacial score (nSPS) is 12.5. The molecule has 0 radical (unpaired) electrons. The number of rotatable bonds is 13. The van der Waals surface area contributed by atoms with Crippen molar-refractivity contribution in [3.05, 3.63) is 107 Å². The Morgan fingerprint density at radius 2 is 1.33 bits per heavy atom. The number of benzene rings is 3. The minimum atomic E-state index is -1.24.